The first-order valence-electron chi connectivity index (χ1n) is 10.6. The van der Waals surface area contributed by atoms with E-state index in [1.165, 1.54) is 22.3 Å². The molecule has 0 amide bonds. The van der Waals surface area contributed by atoms with Crippen molar-refractivity contribution in [2.45, 2.75) is 57.5 Å². The normalized spacial score (nSPS) is 20.8. The standard InChI is InChI=1S/C27H30O3/c1-18(15-19-5-10-22(28)11-6-19)20-7-14-25-24(16-20)27(4,17-26(2,3)30-25)21-8-12-23(29)13-9-21/h5-14,16,18,28-29H,15,17H2,1-4H3. The highest BCUT2D eigenvalue weighted by Crippen LogP contribution is 2.49. The molecule has 156 valence electrons. The summed E-state index contributed by atoms with van der Waals surface area (Å²) in [5, 5.41) is 19.3. The van der Waals surface area contributed by atoms with Gasteiger partial charge in [-0.15, -0.1) is 0 Å². The first-order valence-corrected chi connectivity index (χ1v) is 10.6. The summed E-state index contributed by atoms with van der Waals surface area (Å²) < 4.78 is 6.35. The molecule has 3 heteroatoms. The Labute approximate surface area is 179 Å². The van der Waals surface area contributed by atoms with Crippen LogP contribution < -0.4 is 4.74 Å². The van der Waals surface area contributed by atoms with Gasteiger partial charge in [0, 0.05) is 17.4 Å². The van der Waals surface area contributed by atoms with Crippen LogP contribution in [0.25, 0.3) is 0 Å². The fourth-order valence-corrected chi connectivity index (χ4v) is 4.85. The van der Waals surface area contributed by atoms with Crippen molar-refractivity contribution in [2.75, 3.05) is 0 Å². The van der Waals surface area contributed by atoms with Crippen LogP contribution in [0.1, 0.15) is 62.3 Å². The van der Waals surface area contributed by atoms with Crippen LogP contribution in [-0.2, 0) is 11.8 Å². The fraction of sp³-hybridized carbons (Fsp3) is 0.333. The lowest BCUT2D eigenvalue weighted by atomic mass is 9.67. The van der Waals surface area contributed by atoms with Crippen molar-refractivity contribution in [1.29, 1.82) is 0 Å². The average molecular weight is 403 g/mol. The third kappa shape index (κ3) is 3.89. The zero-order valence-electron chi connectivity index (χ0n) is 18.1. The van der Waals surface area contributed by atoms with Crippen molar-refractivity contribution in [3.8, 4) is 17.2 Å². The highest BCUT2D eigenvalue weighted by molar-refractivity contribution is 5.52. The van der Waals surface area contributed by atoms with Gasteiger partial charge in [0.25, 0.3) is 0 Å². The first-order chi connectivity index (χ1) is 14.2. The van der Waals surface area contributed by atoms with Crippen LogP contribution in [0.4, 0.5) is 0 Å². The first kappa shape index (κ1) is 20.3. The Balaban J connectivity index is 1.73. The molecule has 1 heterocycles. The lowest BCUT2D eigenvalue weighted by Gasteiger charge is -2.45. The third-order valence-electron chi connectivity index (χ3n) is 6.32. The summed E-state index contributed by atoms with van der Waals surface area (Å²) in [6, 6.07) is 21.6. The van der Waals surface area contributed by atoms with E-state index in [0.717, 1.165) is 18.6 Å². The SMILES string of the molecule is CC(Cc1ccc(O)cc1)c1ccc2c(c1)C(C)(c1ccc(O)cc1)CC(C)(C)O2. The van der Waals surface area contributed by atoms with Crippen molar-refractivity contribution in [2.24, 2.45) is 0 Å². The van der Waals surface area contributed by atoms with Crippen LogP contribution in [0, 0.1) is 0 Å². The number of benzene rings is 3. The Morgan fingerprint density at radius 1 is 0.867 bits per heavy atom. The van der Waals surface area contributed by atoms with Crippen LogP contribution in [-0.4, -0.2) is 15.8 Å². The minimum atomic E-state index is -0.279. The molecule has 2 atom stereocenters. The summed E-state index contributed by atoms with van der Waals surface area (Å²) in [6.45, 7) is 8.78. The number of phenols is 2. The quantitative estimate of drug-likeness (QED) is 0.537. The number of rotatable bonds is 4. The molecule has 0 aromatic heterocycles. The van der Waals surface area contributed by atoms with Crippen molar-refractivity contribution in [1.82, 2.24) is 0 Å². The summed E-state index contributed by atoms with van der Waals surface area (Å²) in [6.07, 6.45) is 1.76. The van der Waals surface area contributed by atoms with Gasteiger partial charge in [0.2, 0.25) is 0 Å². The average Bonchev–Trinajstić information content (AvgIpc) is 2.69. The van der Waals surface area contributed by atoms with Gasteiger partial charge in [-0.3, -0.25) is 0 Å². The summed E-state index contributed by atoms with van der Waals surface area (Å²) in [4.78, 5) is 0. The van der Waals surface area contributed by atoms with E-state index in [4.69, 9.17) is 4.74 Å². The molecule has 1 aliphatic rings. The molecule has 3 nitrogen and oxygen atoms in total. The number of hydrogen-bond acceptors (Lipinski definition) is 3. The number of fused-ring (bicyclic) bond motifs is 1. The second-order valence-electron chi connectivity index (χ2n) is 9.44. The molecule has 0 spiro atoms. The molecule has 30 heavy (non-hydrogen) atoms. The lowest BCUT2D eigenvalue weighted by Crippen LogP contribution is -2.43. The molecule has 1 aliphatic heterocycles. The predicted octanol–water partition coefficient (Wildman–Crippen LogP) is 6.31. The van der Waals surface area contributed by atoms with Crippen LogP contribution >= 0.6 is 0 Å². The van der Waals surface area contributed by atoms with Crippen LogP contribution in [0.3, 0.4) is 0 Å². The molecule has 3 aromatic rings. The number of phenolic OH excluding ortho intramolecular Hbond substituents is 2. The van der Waals surface area contributed by atoms with Crippen molar-refractivity contribution in [3.63, 3.8) is 0 Å². The van der Waals surface area contributed by atoms with Gasteiger partial charge in [-0.05, 0) is 73.2 Å². The monoisotopic (exact) mass is 402 g/mol. The predicted molar refractivity (Wildman–Crippen MR) is 121 cm³/mol. The van der Waals surface area contributed by atoms with Gasteiger partial charge in [0.05, 0.1) is 0 Å². The molecule has 2 N–H and O–H groups in total. The van der Waals surface area contributed by atoms with Gasteiger partial charge < -0.3 is 14.9 Å². The Morgan fingerprint density at radius 3 is 2.10 bits per heavy atom. The minimum absolute atomic E-state index is 0.209. The van der Waals surface area contributed by atoms with E-state index in [1.807, 2.05) is 24.3 Å². The second-order valence-corrected chi connectivity index (χ2v) is 9.44. The number of hydrogen-bond donors (Lipinski definition) is 2. The van der Waals surface area contributed by atoms with Gasteiger partial charge in [-0.1, -0.05) is 50.2 Å². The molecule has 2 unspecified atom stereocenters. The molecular formula is C27H30O3. The smallest absolute Gasteiger partial charge is 0.124 e. The van der Waals surface area contributed by atoms with Gasteiger partial charge in [0.1, 0.15) is 22.8 Å². The summed E-state index contributed by atoms with van der Waals surface area (Å²) in [5.74, 6) is 1.84. The molecule has 0 aliphatic carbocycles. The Hall–Kier alpha value is -2.94. The Bertz CT molecular complexity index is 1030. The maximum absolute atomic E-state index is 9.77. The maximum atomic E-state index is 9.77. The van der Waals surface area contributed by atoms with Gasteiger partial charge in [-0.25, -0.2) is 0 Å². The largest absolute Gasteiger partial charge is 0.508 e. The van der Waals surface area contributed by atoms with E-state index in [2.05, 4.69) is 45.9 Å². The minimum Gasteiger partial charge on any atom is -0.508 e. The highest BCUT2D eigenvalue weighted by Gasteiger charge is 2.43. The summed E-state index contributed by atoms with van der Waals surface area (Å²) in [5.41, 5.74) is 4.37. The molecule has 0 radical (unpaired) electrons. The van der Waals surface area contributed by atoms with E-state index in [9.17, 15) is 10.2 Å². The molecule has 4 rings (SSSR count). The van der Waals surface area contributed by atoms with E-state index >= 15 is 0 Å². The van der Waals surface area contributed by atoms with Gasteiger partial charge in [0.15, 0.2) is 0 Å². The molecule has 0 saturated carbocycles. The Kier molecular flexibility index (Phi) is 5.01. The molecule has 0 bridgehead atoms. The van der Waals surface area contributed by atoms with E-state index < -0.39 is 0 Å². The lowest BCUT2D eigenvalue weighted by molar-refractivity contribution is 0.0582. The molecular weight excluding hydrogens is 372 g/mol. The second kappa shape index (κ2) is 7.39. The van der Waals surface area contributed by atoms with E-state index in [1.54, 1.807) is 24.3 Å². The summed E-state index contributed by atoms with van der Waals surface area (Å²) >= 11 is 0. The van der Waals surface area contributed by atoms with E-state index in [-0.39, 0.29) is 16.8 Å². The van der Waals surface area contributed by atoms with E-state index in [0.29, 0.717) is 11.7 Å². The van der Waals surface area contributed by atoms with Crippen molar-refractivity contribution >= 4 is 0 Å². The van der Waals surface area contributed by atoms with Gasteiger partial charge in [-0.2, -0.15) is 0 Å². The van der Waals surface area contributed by atoms with Crippen molar-refractivity contribution < 1.29 is 14.9 Å². The van der Waals surface area contributed by atoms with Crippen molar-refractivity contribution in [3.05, 3.63) is 89.0 Å². The zero-order chi connectivity index (χ0) is 21.5. The maximum Gasteiger partial charge on any atom is 0.124 e. The number of aromatic hydroxyl groups is 2. The van der Waals surface area contributed by atoms with Crippen LogP contribution in [0.2, 0.25) is 0 Å². The van der Waals surface area contributed by atoms with Gasteiger partial charge >= 0.3 is 0 Å². The highest BCUT2D eigenvalue weighted by atomic mass is 16.5. The third-order valence-corrected chi connectivity index (χ3v) is 6.32. The summed E-state index contributed by atoms with van der Waals surface area (Å²) in [7, 11) is 0. The Morgan fingerprint density at radius 2 is 1.47 bits per heavy atom. The molecule has 0 fully saturated rings. The zero-order valence-corrected chi connectivity index (χ0v) is 18.1. The fourth-order valence-electron chi connectivity index (χ4n) is 4.85. The van der Waals surface area contributed by atoms with Crippen LogP contribution in [0.5, 0.6) is 17.2 Å². The molecule has 3 aromatic carbocycles. The molecule has 0 saturated heterocycles. The van der Waals surface area contributed by atoms with Crippen LogP contribution in [0.15, 0.2) is 66.7 Å². The number of ether oxygens (including phenoxy) is 1. The topological polar surface area (TPSA) is 49.7 Å².